The molecule has 0 bridgehead atoms. The molecule has 0 spiro atoms. The normalized spacial score (nSPS) is 10.4. The van der Waals surface area contributed by atoms with Crippen LogP contribution >= 0.6 is 0 Å². The number of aryl methyl sites for hydroxylation is 2. The summed E-state index contributed by atoms with van der Waals surface area (Å²) in [4.78, 5) is 28.4. The summed E-state index contributed by atoms with van der Waals surface area (Å²) in [6.45, 7) is 1.87. The number of hydrogen-bond donors (Lipinski definition) is 2. The minimum Gasteiger partial charge on any atom is -0.326 e. The highest BCUT2D eigenvalue weighted by atomic mass is 19.1. The molecule has 0 aliphatic rings. The largest absolute Gasteiger partial charge is 0.326 e. The molecule has 2 aromatic carbocycles. The maximum Gasteiger partial charge on any atom is 0.255 e. The van der Waals surface area contributed by atoms with Crippen molar-refractivity contribution in [2.75, 3.05) is 10.6 Å². The number of rotatable bonds is 6. The van der Waals surface area contributed by atoms with E-state index in [1.54, 1.807) is 54.9 Å². The van der Waals surface area contributed by atoms with E-state index in [1.165, 1.54) is 6.07 Å². The van der Waals surface area contributed by atoms with Gasteiger partial charge in [-0.05, 0) is 54.8 Å². The van der Waals surface area contributed by atoms with Gasteiger partial charge >= 0.3 is 0 Å². The van der Waals surface area contributed by atoms with E-state index >= 15 is 0 Å². The molecule has 3 rings (SSSR count). The van der Waals surface area contributed by atoms with Crippen LogP contribution in [0.1, 0.15) is 27.9 Å². The Labute approximate surface area is 162 Å². The highest BCUT2D eigenvalue weighted by Gasteiger charge is 2.10. The summed E-state index contributed by atoms with van der Waals surface area (Å²) in [6.07, 6.45) is 3.57. The average molecular weight is 377 g/mol. The number of amides is 2. The molecule has 0 unspecified atom stereocenters. The van der Waals surface area contributed by atoms with Crippen molar-refractivity contribution in [2.24, 2.45) is 0 Å². The van der Waals surface area contributed by atoms with Crippen molar-refractivity contribution >= 4 is 23.2 Å². The Hall–Kier alpha value is -3.54. The van der Waals surface area contributed by atoms with Crippen LogP contribution in [-0.4, -0.2) is 16.8 Å². The summed E-state index contributed by atoms with van der Waals surface area (Å²) >= 11 is 0. The van der Waals surface area contributed by atoms with Gasteiger partial charge in [0.1, 0.15) is 5.82 Å². The number of anilines is 2. The zero-order valence-corrected chi connectivity index (χ0v) is 15.4. The molecule has 1 aromatic heterocycles. The van der Waals surface area contributed by atoms with Crippen molar-refractivity contribution in [3.63, 3.8) is 0 Å². The summed E-state index contributed by atoms with van der Waals surface area (Å²) in [5, 5.41) is 5.63. The summed E-state index contributed by atoms with van der Waals surface area (Å²) in [7, 11) is 0. The summed E-state index contributed by atoms with van der Waals surface area (Å²) in [5.74, 6) is -0.793. The standard InChI is InChI=1S/C22H20FN3O2/c1-15-6-8-18(14-20(15)26-22(28)17-10-12-24-13-11-17)25-21(27)9-7-16-4-2-3-5-19(16)23/h2-6,8,10-14H,7,9H2,1H3,(H,25,27)(H,26,28). The second-order valence-corrected chi connectivity index (χ2v) is 6.36. The molecule has 2 N–H and O–H groups in total. The molecule has 0 fully saturated rings. The highest BCUT2D eigenvalue weighted by Crippen LogP contribution is 2.21. The number of nitrogens with zero attached hydrogens (tertiary/aromatic N) is 1. The Morgan fingerprint density at radius 3 is 2.50 bits per heavy atom. The Bertz CT molecular complexity index is 990. The van der Waals surface area contributed by atoms with Crippen LogP contribution in [-0.2, 0) is 11.2 Å². The van der Waals surface area contributed by atoms with Gasteiger partial charge in [0.05, 0.1) is 0 Å². The third kappa shape index (κ3) is 5.01. The average Bonchev–Trinajstić information content (AvgIpc) is 2.70. The van der Waals surface area contributed by atoms with E-state index < -0.39 is 0 Å². The lowest BCUT2D eigenvalue weighted by atomic mass is 10.1. The first-order chi connectivity index (χ1) is 13.5. The van der Waals surface area contributed by atoms with Gasteiger partial charge in [0.25, 0.3) is 5.91 Å². The molecule has 2 amide bonds. The van der Waals surface area contributed by atoms with E-state index in [1.807, 2.05) is 13.0 Å². The fraction of sp³-hybridized carbons (Fsp3) is 0.136. The fourth-order valence-electron chi connectivity index (χ4n) is 2.71. The van der Waals surface area contributed by atoms with Crippen molar-refractivity contribution in [1.29, 1.82) is 0 Å². The van der Waals surface area contributed by atoms with Crippen LogP contribution in [0.5, 0.6) is 0 Å². The lowest BCUT2D eigenvalue weighted by molar-refractivity contribution is -0.116. The lowest BCUT2D eigenvalue weighted by Crippen LogP contribution is -2.15. The van der Waals surface area contributed by atoms with Gasteiger partial charge in [-0.25, -0.2) is 4.39 Å². The molecule has 0 atom stereocenters. The zero-order valence-electron chi connectivity index (χ0n) is 15.4. The number of hydrogen-bond acceptors (Lipinski definition) is 3. The van der Waals surface area contributed by atoms with Gasteiger partial charge in [-0.15, -0.1) is 0 Å². The number of carbonyl (C=O) groups is 2. The van der Waals surface area contributed by atoms with Gasteiger partial charge in [0, 0.05) is 35.8 Å². The van der Waals surface area contributed by atoms with E-state index in [4.69, 9.17) is 0 Å². The second kappa shape index (κ2) is 8.90. The van der Waals surface area contributed by atoms with Gasteiger partial charge in [0.15, 0.2) is 0 Å². The first kappa shape index (κ1) is 19.2. The Kier molecular flexibility index (Phi) is 6.11. The number of aromatic nitrogens is 1. The molecule has 5 nitrogen and oxygen atoms in total. The number of pyridine rings is 1. The zero-order chi connectivity index (χ0) is 19.9. The predicted molar refractivity (Wildman–Crippen MR) is 107 cm³/mol. The van der Waals surface area contributed by atoms with Crippen molar-refractivity contribution < 1.29 is 14.0 Å². The molecule has 28 heavy (non-hydrogen) atoms. The van der Waals surface area contributed by atoms with E-state index in [-0.39, 0.29) is 24.1 Å². The van der Waals surface area contributed by atoms with Gasteiger partial charge < -0.3 is 10.6 Å². The minimum atomic E-state index is -0.313. The molecule has 3 aromatic rings. The fourth-order valence-corrected chi connectivity index (χ4v) is 2.71. The van der Waals surface area contributed by atoms with E-state index in [0.29, 0.717) is 28.9 Å². The molecule has 0 aliphatic heterocycles. The number of benzene rings is 2. The van der Waals surface area contributed by atoms with Crippen LogP contribution in [0.4, 0.5) is 15.8 Å². The summed E-state index contributed by atoms with van der Waals surface area (Å²) in [5.41, 5.74) is 3.04. The Morgan fingerprint density at radius 2 is 1.75 bits per heavy atom. The van der Waals surface area contributed by atoms with E-state index in [2.05, 4.69) is 15.6 Å². The summed E-state index contributed by atoms with van der Waals surface area (Å²) in [6, 6.07) is 14.9. The van der Waals surface area contributed by atoms with Crippen LogP contribution in [0.15, 0.2) is 67.0 Å². The second-order valence-electron chi connectivity index (χ2n) is 6.36. The van der Waals surface area contributed by atoms with E-state index in [9.17, 15) is 14.0 Å². The van der Waals surface area contributed by atoms with Crippen molar-refractivity contribution in [2.45, 2.75) is 19.8 Å². The monoisotopic (exact) mass is 377 g/mol. The number of carbonyl (C=O) groups excluding carboxylic acids is 2. The molecule has 1 heterocycles. The van der Waals surface area contributed by atoms with Crippen LogP contribution in [0.3, 0.4) is 0 Å². The first-order valence-electron chi connectivity index (χ1n) is 8.88. The smallest absolute Gasteiger partial charge is 0.255 e. The van der Waals surface area contributed by atoms with Gasteiger partial charge in [0.2, 0.25) is 5.91 Å². The molecule has 0 saturated heterocycles. The van der Waals surface area contributed by atoms with Crippen LogP contribution in [0.2, 0.25) is 0 Å². The SMILES string of the molecule is Cc1ccc(NC(=O)CCc2ccccc2F)cc1NC(=O)c1ccncc1. The molecular formula is C22H20FN3O2. The van der Waals surface area contributed by atoms with Crippen LogP contribution in [0.25, 0.3) is 0 Å². The Balaban J connectivity index is 1.63. The molecule has 6 heteroatoms. The molecular weight excluding hydrogens is 357 g/mol. The van der Waals surface area contributed by atoms with Gasteiger partial charge in [-0.2, -0.15) is 0 Å². The minimum absolute atomic E-state index is 0.160. The maximum absolute atomic E-state index is 13.6. The van der Waals surface area contributed by atoms with E-state index in [0.717, 1.165) is 5.56 Å². The molecule has 0 aliphatic carbocycles. The molecule has 0 saturated carbocycles. The Morgan fingerprint density at radius 1 is 1.00 bits per heavy atom. The number of halogens is 1. The quantitative estimate of drug-likeness (QED) is 0.671. The number of nitrogens with one attached hydrogen (secondary N) is 2. The maximum atomic E-state index is 13.6. The third-order valence-corrected chi connectivity index (χ3v) is 4.29. The van der Waals surface area contributed by atoms with Gasteiger partial charge in [-0.3, -0.25) is 14.6 Å². The van der Waals surface area contributed by atoms with Crippen molar-refractivity contribution in [3.05, 3.63) is 89.5 Å². The third-order valence-electron chi connectivity index (χ3n) is 4.29. The molecule has 0 radical (unpaired) electrons. The topological polar surface area (TPSA) is 71.1 Å². The predicted octanol–water partition coefficient (Wildman–Crippen LogP) is 4.35. The van der Waals surface area contributed by atoms with Gasteiger partial charge in [-0.1, -0.05) is 24.3 Å². The summed E-state index contributed by atoms with van der Waals surface area (Å²) < 4.78 is 13.6. The van der Waals surface area contributed by atoms with Crippen LogP contribution < -0.4 is 10.6 Å². The highest BCUT2D eigenvalue weighted by molar-refractivity contribution is 6.05. The van der Waals surface area contributed by atoms with Crippen molar-refractivity contribution in [3.8, 4) is 0 Å². The van der Waals surface area contributed by atoms with Crippen LogP contribution in [0, 0.1) is 12.7 Å². The molecule has 142 valence electrons. The van der Waals surface area contributed by atoms with Crippen molar-refractivity contribution in [1.82, 2.24) is 4.98 Å². The first-order valence-corrected chi connectivity index (χ1v) is 8.88. The lowest BCUT2D eigenvalue weighted by Gasteiger charge is -2.12.